The number of rotatable bonds is 3. The molecule has 29 heavy (non-hydrogen) atoms. The molecular formula is C23H39N3O3. The molecule has 0 atom stereocenters. The molecule has 164 valence electrons. The van der Waals surface area contributed by atoms with Crippen LogP contribution in [0.1, 0.15) is 64.7 Å². The van der Waals surface area contributed by atoms with Crippen molar-refractivity contribution in [3.63, 3.8) is 0 Å². The van der Waals surface area contributed by atoms with Gasteiger partial charge in [-0.05, 0) is 51.6 Å². The highest BCUT2D eigenvalue weighted by molar-refractivity contribution is 5.82. The monoisotopic (exact) mass is 405 g/mol. The molecule has 4 aliphatic rings. The Hall–Kier alpha value is -1.14. The number of piperidine rings is 2. The fraction of sp³-hybridized carbons (Fsp3) is 0.913. The van der Waals surface area contributed by atoms with Crippen LogP contribution in [-0.4, -0.2) is 85.0 Å². The second-order valence-corrected chi connectivity index (χ2v) is 9.89. The molecule has 0 spiro atoms. The first-order valence-corrected chi connectivity index (χ1v) is 12.0. The minimum atomic E-state index is -0.108. The van der Waals surface area contributed by atoms with Gasteiger partial charge >= 0.3 is 0 Å². The van der Waals surface area contributed by atoms with Crippen molar-refractivity contribution in [1.82, 2.24) is 14.7 Å². The van der Waals surface area contributed by atoms with Crippen LogP contribution in [-0.2, 0) is 14.3 Å². The van der Waals surface area contributed by atoms with Gasteiger partial charge in [-0.2, -0.15) is 0 Å². The molecule has 0 aromatic heterocycles. The third-order valence-electron chi connectivity index (χ3n) is 7.94. The zero-order valence-electron chi connectivity index (χ0n) is 18.2. The minimum absolute atomic E-state index is 0.108. The highest BCUT2D eigenvalue weighted by atomic mass is 16.5. The largest absolute Gasteiger partial charge is 0.378 e. The fourth-order valence-corrected chi connectivity index (χ4v) is 5.92. The average molecular weight is 406 g/mol. The van der Waals surface area contributed by atoms with Gasteiger partial charge in [0.25, 0.3) is 0 Å². The Morgan fingerprint density at radius 1 is 0.793 bits per heavy atom. The van der Waals surface area contributed by atoms with Gasteiger partial charge in [-0.3, -0.25) is 9.59 Å². The third-order valence-corrected chi connectivity index (χ3v) is 7.94. The van der Waals surface area contributed by atoms with Crippen LogP contribution >= 0.6 is 0 Å². The molecule has 2 amide bonds. The number of nitrogens with zero attached hydrogens (tertiary/aromatic N) is 3. The lowest BCUT2D eigenvalue weighted by Crippen LogP contribution is -2.53. The Kier molecular flexibility index (Phi) is 6.80. The highest BCUT2D eigenvalue weighted by Crippen LogP contribution is 2.38. The van der Waals surface area contributed by atoms with Crippen molar-refractivity contribution >= 4 is 11.8 Å². The number of ether oxygens (including phenoxy) is 1. The summed E-state index contributed by atoms with van der Waals surface area (Å²) in [5.74, 6) is 0.942. The summed E-state index contributed by atoms with van der Waals surface area (Å²) in [6.07, 6.45) is 9.96. The maximum Gasteiger partial charge on any atom is 0.228 e. The second-order valence-electron chi connectivity index (χ2n) is 9.89. The van der Waals surface area contributed by atoms with Crippen molar-refractivity contribution in [1.29, 1.82) is 0 Å². The first kappa shape index (κ1) is 21.1. The van der Waals surface area contributed by atoms with Gasteiger partial charge in [-0.25, -0.2) is 0 Å². The van der Waals surface area contributed by atoms with Crippen LogP contribution in [0.2, 0.25) is 0 Å². The van der Waals surface area contributed by atoms with Gasteiger partial charge in [-0.15, -0.1) is 0 Å². The van der Waals surface area contributed by atoms with Crippen molar-refractivity contribution in [3.8, 4) is 0 Å². The number of hydrogen-bond donors (Lipinski definition) is 0. The molecule has 6 heteroatoms. The van der Waals surface area contributed by atoms with E-state index in [9.17, 15) is 9.59 Å². The summed E-state index contributed by atoms with van der Waals surface area (Å²) >= 11 is 0. The molecule has 3 saturated heterocycles. The van der Waals surface area contributed by atoms with E-state index in [4.69, 9.17) is 4.74 Å². The van der Waals surface area contributed by atoms with Crippen LogP contribution in [0.5, 0.6) is 0 Å². The van der Waals surface area contributed by atoms with Crippen molar-refractivity contribution in [2.24, 2.45) is 11.3 Å². The van der Waals surface area contributed by atoms with Crippen LogP contribution in [0, 0.1) is 11.3 Å². The summed E-state index contributed by atoms with van der Waals surface area (Å²) in [5, 5.41) is 0. The van der Waals surface area contributed by atoms with Gasteiger partial charge in [0.15, 0.2) is 0 Å². The molecule has 0 aromatic carbocycles. The van der Waals surface area contributed by atoms with E-state index in [0.717, 1.165) is 77.8 Å². The second kappa shape index (κ2) is 9.34. The predicted molar refractivity (Wildman–Crippen MR) is 112 cm³/mol. The Morgan fingerprint density at radius 2 is 1.41 bits per heavy atom. The van der Waals surface area contributed by atoms with Crippen molar-refractivity contribution in [3.05, 3.63) is 0 Å². The molecule has 4 fully saturated rings. The van der Waals surface area contributed by atoms with Gasteiger partial charge in [0, 0.05) is 43.6 Å². The Labute approximate surface area is 175 Å². The molecule has 1 aliphatic carbocycles. The van der Waals surface area contributed by atoms with Gasteiger partial charge in [0.2, 0.25) is 11.8 Å². The average Bonchev–Trinajstić information content (AvgIpc) is 2.79. The number of carbonyl (C=O) groups excluding carboxylic acids is 2. The van der Waals surface area contributed by atoms with Gasteiger partial charge in [0.05, 0.1) is 13.2 Å². The minimum Gasteiger partial charge on any atom is -0.378 e. The van der Waals surface area contributed by atoms with E-state index in [0.29, 0.717) is 31.1 Å². The molecule has 0 radical (unpaired) electrons. The lowest BCUT2D eigenvalue weighted by atomic mass is 9.74. The predicted octanol–water partition coefficient (Wildman–Crippen LogP) is 2.52. The van der Waals surface area contributed by atoms with Crippen molar-refractivity contribution in [2.75, 3.05) is 52.5 Å². The van der Waals surface area contributed by atoms with E-state index in [1.165, 1.54) is 19.3 Å². The summed E-state index contributed by atoms with van der Waals surface area (Å²) < 4.78 is 5.37. The van der Waals surface area contributed by atoms with E-state index in [1.54, 1.807) is 0 Å². The molecule has 0 bridgehead atoms. The summed E-state index contributed by atoms with van der Waals surface area (Å²) in [6, 6.07) is 0.581. The van der Waals surface area contributed by atoms with Gasteiger partial charge in [0.1, 0.15) is 0 Å². The number of likely N-dealkylation sites (tertiary alicyclic amines) is 2. The Bertz CT molecular complexity index is 568. The van der Waals surface area contributed by atoms with Crippen LogP contribution in [0.25, 0.3) is 0 Å². The van der Waals surface area contributed by atoms with Crippen LogP contribution < -0.4 is 0 Å². The zero-order chi connectivity index (χ0) is 20.3. The first-order valence-electron chi connectivity index (χ1n) is 12.0. The summed E-state index contributed by atoms with van der Waals surface area (Å²) in [5.41, 5.74) is -0.108. The third kappa shape index (κ3) is 4.79. The fourth-order valence-electron chi connectivity index (χ4n) is 5.92. The number of hydrogen-bond acceptors (Lipinski definition) is 4. The van der Waals surface area contributed by atoms with E-state index in [1.807, 2.05) is 4.90 Å². The van der Waals surface area contributed by atoms with Crippen LogP contribution in [0.4, 0.5) is 0 Å². The number of amides is 2. The highest BCUT2D eigenvalue weighted by Gasteiger charge is 2.39. The molecule has 1 saturated carbocycles. The summed E-state index contributed by atoms with van der Waals surface area (Å²) in [6.45, 7) is 8.93. The van der Waals surface area contributed by atoms with E-state index in [-0.39, 0.29) is 11.3 Å². The Morgan fingerprint density at radius 3 is 2.03 bits per heavy atom. The zero-order valence-corrected chi connectivity index (χ0v) is 18.2. The maximum absolute atomic E-state index is 13.1. The van der Waals surface area contributed by atoms with Crippen LogP contribution in [0.3, 0.4) is 0 Å². The molecular weight excluding hydrogens is 366 g/mol. The van der Waals surface area contributed by atoms with E-state index < -0.39 is 0 Å². The smallest absolute Gasteiger partial charge is 0.228 e. The normalized spacial score (nSPS) is 27.8. The summed E-state index contributed by atoms with van der Waals surface area (Å²) in [7, 11) is 0. The van der Waals surface area contributed by atoms with E-state index in [2.05, 4.69) is 16.7 Å². The molecule has 0 N–H and O–H groups in total. The molecule has 0 aromatic rings. The number of morpholine rings is 1. The summed E-state index contributed by atoms with van der Waals surface area (Å²) in [4.78, 5) is 32.6. The molecule has 6 nitrogen and oxygen atoms in total. The van der Waals surface area contributed by atoms with E-state index >= 15 is 0 Å². The molecule has 4 rings (SSSR count). The topological polar surface area (TPSA) is 53.1 Å². The number of carbonyl (C=O) groups is 2. The quantitative estimate of drug-likeness (QED) is 0.724. The van der Waals surface area contributed by atoms with Gasteiger partial charge in [-0.1, -0.05) is 26.2 Å². The van der Waals surface area contributed by atoms with Crippen LogP contribution in [0.15, 0.2) is 0 Å². The SMILES string of the molecule is CC1(C(=O)N2CCC(N3CCC(C(=O)N4CCOCC4)CC3)CC2)CCCCC1. The van der Waals surface area contributed by atoms with Crippen molar-refractivity contribution in [2.45, 2.75) is 70.8 Å². The molecule has 3 heterocycles. The lowest BCUT2D eigenvalue weighted by molar-refractivity contribution is -0.145. The lowest BCUT2D eigenvalue weighted by Gasteiger charge is -2.44. The standard InChI is InChI=1S/C23H39N3O3/c1-23(9-3-2-4-10-23)22(28)26-13-7-20(8-14-26)24-11-5-19(6-12-24)21(27)25-15-17-29-18-16-25/h19-20H,2-18H2,1H3. The van der Waals surface area contributed by atoms with Gasteiger partial charge < -0.3 is 19.4 Å². The molecule has 0 unspecified atom stereocenters. The maximum atomic E-state index is 13.1. The van der Waals surface area contributed by atoms with Crippen molar-refractivity contribution < 1.29 is 14.3 Å². The first-order chi connectivity index (χ1) is 14.1. The Balaban J connectivity index is 1.22. The molecule has 3 aliphatic heterocycles.